The van der Waals surface area contributed by atoms with Crippen molar-refractivity contribution in [1.82, 2.24) is 0 Å². The molecule has 0 aromatic heterocycles. The van der Waals surface area contributed by atoms with Crippen LogP contribution >= 0.6 is 11.6 Å². The Labute approximate surface area is 109 Å². The van der Waals surface area contributed by atoms with Gasteiger partial charge < -0.3 is 5.32 Å². The van der Waals surface area contributed by atoms with Gasteiger partial charge in [0.15, 0.2) is 0 Å². The van der Waals surface area contributed by atoms with Crippen LogP contribution in [0.15, 0.2) is 30.4 Å². The van der Waals surface area contributed by atoms with E-state index in [2.05, 4.69) is 5.32 Å². The highest BCUT2D eigenvalue weighted by Crippen LogP contribution is 2.37. The molecule has 98 valence electrons. The van der Waals surface area contributed by atoms with E-state index in [0.717, 1.165) is 25.3 Å². The largest absolute Gasteiger partial charge is 0.418 e. The highest BCUT2D eigenvalue weighted by Gasteiger charge is 2.34. The average molecular weight is 276 g/mol. The Hall–Kier alpha value is -1.16. The number of anilines is 1. The zero-order valence-corrected chi connectivity index (χ0v) is 10.4. The topological polar surface area (TPSA) is 12.0 Å². The lowest BCUT2D eigenvalue weighted by Gasteiger charge is -2.22. The molecule has 0 saturated heterocycles. The number of hydrogen-bond donors (Lipinski definition) is 1. The summed E-state index contributed by atoms with van der Waals surface area (Å²) in [7, 11) is 0. The van der Waals surface area contributed by atoms with Crippen LogP contribution in [0.2, 0.25) is 5.02 Å². The first-order chi connectivity index (χ1) is 8.47. The molecule has 1 N–H and O–H groups in total. The van der Waals surface area contributed by atoms with Crippen LogP contribution in [0.3, 0.4) is 0 Å². The van der Waals surface area contributed by atoms with Gasteiger partial charge in [-0.15, -0.1) is 0 Å². The van der Waals surface area contributed by atoms with Gasteiger partial charge in [-0.1, -0.05) is 23.8 Å². The molecule has 1 aromatic rings. The molecule has 0 radical (unpaired) electrons. The molecule has 1 aromatic carbocycles. The number of nitrogens with one attached hydrogen (secondary N) is 1. The standard InChI is InChI=1S/C13H13ClF3N/c14-9-6-7-12(11(8-9)13(15,16)17)18-10-4-2-1-3-5-10/h2,4,6-8,10,18H,1,3,5H2. The molecular weight excluding hydrogens is 263 g/mol. The zero-order valence-electron chi connectivity index (χ0n) is 9.60. The molecule has 0 amide bonds. The van der Waals surface area contributed by atoms with Crippen LogP contribution in [0.4, 0.5) is 18.9 Å². The molecule has 18 heavy (non-hydrogen) atoms. The van der Waals surface area contributed by atoms with Crippen LogP contribution in [0.25, 0.3) is 0 Å². The maximum atomic E-state index is 12.9. The Morgan fingerprint density at radius 3 is 2.67 bits per heavy atom. The smallest absolute Gasteiger partial charge is 0.378 e. The fourth-order valence-electron chi connectivity index (χ4n) is 2.01. The van der Waals surface area contributed by atoms with Crippen molar-refractivity contribution in [2.75, 3.05) is 5.32 Å². The molecule has 1 aliphatic carbocycles. The first-order valence-corrected chi connectivity index (χ1v) is 6.14. The molecular formula is C13H13ClF3N. The van der Waals surface area contributed by atoms with Gasteiger partial charge in [-0.25, -0.2) is 0 Å². The molecule has 5 heteroatoms. The maximum Gasteiger partial charge on any atom is 0.418 e. The van der Waals surface area contributed by atoms with Crippen LogP contribution < -0.4 is 5.32 Å². The average Bonchev–Trinajstić information content (AvgIpc) is 2.31. The summed E-state index contributed by atoms with van der Waals surface area (Å²) < 4.78 is 38.6. The van der Waals surface area contributed by atoms with Gasteiger partial charge in [0.05, 0.1) is 5.56 Å². The van der Waals surface area contributed by atoms with Crippen LogP contribution in [-0.4, -0.2) is 6.04 Å². The fourth-order valence-corrected chi connectivity index (χ4v) is 2.18. The third-order valence-corrected chi connectivity index (χ3v) is 3.12. The van der Waals surface area contributed by atoms with Crippen molar-refractivity contribution in [3.8, 4) is 0 Å². The van der Waals surface area contributed by atoms with E-state index in [1.54, 1.807) is 0 Å². The summed E-state index contributed by atoms with van der Waals surface area (Å²) in [5.41, 5.74) is -0.627. The third-order valence-electron chi connectivity index (χ3n) is 2.88. The van der Waals surface area contributed by atoms with Gasteiger partial charge in [0, 0.05) is 16.8 Å². The lowest BCUT2D eigenvalue weighted by molar-refractivity contribution is -0.137. The number of benzene rings is 1. The van der Waals surface area contributed by atoms with Crippen molar-refractivity contribution in [2.24, 2.45) is 0 Å². The lowest BCUT2D eigenvalue weighted by Crippen LogP contribution is -2.21. The van der Waals surface area contributed by atoms with Crippen molar-refractivity contribution in [1.29, 1.82) is 0 Å². The lowest BCUT2D eigenvalue weighted by atomic mass is 10.0. The summed E-state index contributed by atoms with van der Waals surface area (Å²) in [6, 6.07) is 3.76. The van der Waals surface area contributed by atoms with Gasteiger partial charge in [-0.3, -0.25) is 0 Å². The Morgan fingerprint density at radius 1 is 1.28 bits per heavy atom. The quantitative estimate of drug-likeness (QED) is 0.759. The third kappa shape index (κ3) is 3.19. The minimum absolute atomic E-state index is 0.0407. The summed E-state index contributed by atoms with van der Waals surface area (Å²) in [6.07, 6.45) is 2.33. The molecule has 1 unspecified atom stereocenters. The predicted molar refractivity (Wildman–Crippen MR) is 66.9 cm³/mol. The molecule has 0 spiro atoms. The molecule has 0 fully saturated rings. The summed E-state index contributed by atoms with van der Waals surface area (Å²) in [4.78, 5) is 0. The summed E-state index contributed by atoms with van der Waals surface area (Å²) >= 11 is 5.62. The van der Waals surface area contributed by atoms with Gasteiger partial charge in [-0.05, 0) is 37.5 Å². The second kappa shape index (κ2) is 5.22. The zero-order chi connectivity index (χ0) is 13.2. The van der Waals surface area contributed by atoms with E-state index in [-0.39, 0.29) is 16.8 Å². The van der Waals surface area contributed by atoms with Crippen LogP contribution in [0.5, 0.6) is 0 Å². The Bertz CT molecular complexity index is 454. The normalized spacial score (nSPS) is 19.9. The van der Waals surface area contributed by atoms with Crippen molar-refractivity contribution in [3.63, 3.8) is 0 Å². The van der Waals surface area contributed by atoms with Gasteiger partial charge in [0.2, 0.25) is 0 Å². The Balaban J connectivity index is 2.26. The van der Waals surface area contributed by atoms with E-state index in [1.807, 2.05) is 12.2 Å². The summed E-state index contributed by atoms with van der Waals surface area (Å²) in [6.45, 7) is 0. The minimum atomic E-state index is -4.40. The fraction of sp³-hybridized carbons (Fsp3) is 0.385. The van der Waals surface area contributed by atoms with Gasteiger partial charge in [0.1, 0.15) is 0 Å². The molecule has 0 aliphatic heterocycles. The van der Waals surface area contributed by atoms with E-state index in [4.69, 9.17) is 11.6 Å². The molecule has 1 aliphatic rings. The van der Waals surface area contributed by atoms with E-state index in [0.29, 0.717) is 0 Å². The van der Waals surface area contributed by atoms with Crippen LogP contribution in [-0.2, 0) is 6.18 Å². The molecule has 2 rings (SSSR count). The monoisotopic (exact) mass is 275 g/mol. The Morgan fingerprint density at radius 2 is 2.06 bits per heavy atom. The molecule has 1 nitrogen and oxygen atoms in total. The van der Waals surface area contributed by atoms with E-state index < -0.39 is 11.7 Å². The van der Waals surface area contributed by atoms with Crippen molar-refractivity contribution < 1.29 is 13.2 Å². The van der Waals surface area contributed by atoms with E-state index >= 15 is 0 Å². The van der Waals surface area contributed by atoms with E-state index in [1.165, 1.54) is 12.1 Å². The second-order valence-corrected chi connectivity index (χ2v) is 4.73. The van der Waals surface area contributed by atoms with Crippen LogP contribution in [0, 0.1) is 0 Å². The number of allylic oxidation sites excluding steroid dienone is 1. The first-order valence-electron chi connectivity index (χ1n) is 5.77. The van der Waals surface area contributed by atoms with Crippen molar-refractivity contribution >= 4 is 17.3 Å². The SMILES string of the molecule is FC(F)(F)c1cc(Cl)ccc1NC1C=CCCC1. The van der Waals surface area contributed by atoms with Gasteiger partial charge >= 0.3 is 6.18 Å². The molecule has 0 bridgehead atoms. The predicted octanol–water partition coefficient (Wildman–Crippen LogP) is 4.88. The highest BCUT2D eigenvalue weighted by atomic mass is 35.5. The number of halogens is 4. The number of alkyl halides is 3. The second-order valence-electron chi connectivity index (χ2n) is 4.30. The highest BCUT2D eigenvalue weighted by molar-refractivity contribution is 6.30. The summed E-state index contributed by atoms with van der Waals surface area (Å²) in [5, 5.41) is 3.01. The molecule has 1 atom stereocenters. The minimum Gasteiger partial charge on any atom is -0.378 e. The van der Waals surface area contributed by atoms with Crippen LogP contribution in [0.1, 0.15) is 24.8 Å². The van der Waals surface area contributed by atoms with Gasteiger partial charge in [0.25, 0.3) is 0 Å². The number of hydrogen-bond acceptors (Lipinski definition) is 1. The molecule has 0 heterocycles. The van der Waals surface area contributed by atoms with E-state index in [9.17, 15) is 13.2 Å². The van der Waals surface area contributed by atoms with Gasteiger partial charge in [-0.2, -0.15) is 13.2 Å². The molecule has 0 saturated carbocycles. The Kier molecular flexibility index (Phi) is 3.85. The van der Waals surface area contributed by atoms with Crippen molar-refractivity contribution in [3.05, 3.63) is 40.9 Å². The summed E-state index contributed by atoms with van der Waals surface area (Å²) in [5.74, 6) is 0. The maximum absolute atomic E-state index is 12.9. The number of rotatable bonds is 2. The first kappa shape index (κ1) is 13.3. The van der Waals surface area contributed by atoms with Crippen molar-refractivity contribution in [2.45, 2.75) is 31.5 Å².